The molecule has 0 bridgehead atoms. The summed E-state index contributed by atoms with van der Waals surface area (Å²) in [7, 11) is 1.70. The van der Waals surface area contributed by atoms with Crippen LogP contribution < -0.4 is 4.90 Å². The van der Waals surface area contributed by atoms with Gasteiger partial charge in [-0.1, -0.05) is 42.5 Å². The Balaban J connectivity index is 1.73. The summed E-state index contributed by atoms with van der Waals surface area (Å²) in [6.07, 6.45) is 0.652. The van der Waals surface area contributed by atoms with Crippen molar-refractivity contribution in [1.82, 2.24) is 10.2 Å². The quantitative estimate of drug-likeness (QED) is 0.557. The summed E-state index contributed by atoms with van der Waals surface area (Å²) in [5.41, 5.74) is 4.95. The van der Waals surface area contributed by atoms with E-state index in [-0.39, 0.29) is 17.2 Å². The minimum atomic E-state index is -0.270. The molecule has 2 N–H and O–H groups in total. The molecule has 0 spiro atoms. The zero-order valence-corrected chi connectivity index (χ0v) is 15.8. The third-order valence-corrected chi connectivity index (χ3v) is 5.06. The van der Waals surface area contributed by atoms with E-state index in [1.165, 1.54) is 16.0 Å². The third kappa shape index (κ3) is 3.22. The van der Waals surface area contributed by atoms with E-state index < -0.39 is 0 Å². The molecule has 5 heteroatoms. The highest BCUT2D eigenvalue weighted by Gasteiger charge is 2.20. The summed E-state index contributed by atoms with van der Waals surface area (Å²) in [5.74, 6) is -0.333. The number of aromatic nitrogens is 2. The number of para-hydroxylation sites is 1. The van der Waals surface area contributed by atoms with Crippen molar-refractivity contribution in [3.05, 3.63) is 89.1 Å². The molecule has 0 saturated heterocycles. The number of nitrogens with one attached hydrogen (secondary N) is 1. The number of benzene rings is 3. The van der Waals surface area contributed by atoms with Crippen LogP contribution in [0.5, 0.6) is 5.75 Å². The van der Waals surface area contributed by atoms with Crippen LogP contribution in [-0.2, 0) is 6.42 Å². The molecule has 1 aromatic heterocycles. The summed E-state index contributed by atoms with van der Waals surface area (Å²) in [6, 6.07) is 20.8. The number of anilines is 1. The fraction of sp³-hybridized carbons (Fsp3) is 0.130. The zero-order valence-electron chi connectivity index (χ0n) is 15.8. The molecule has 0 fully saturated rings. The second-order valence-electron chi connectivity index (χ2n) is 6.89. The molecule has 0 atom stereocenters. The maximum absolute atomic E-state index is 13.0. The molecule has 0 unspecified atom stereocenters. The molecule has 1 amide bonds. The number of H-pyrrole nitrogens is 1. The van der Waals surface area contributed by atoms with Gasteiger partial charge in [-0.3, -0.25) is 9.89 Å². The Morgan fingerprint density at radius 3 is 2.54 bits per heavy atom. The second kappa shape index (κ2) is 7.19. The van der Waals surface area contributed by atoms with Gasteiger partial charge in [0, 0.05) is 30.6 Å². The van der Waals surface area contributed by atoms with Crippen molar-refractivity contribution in [3.8, 4) is 5.75 Å². The molecule has 140 valence electrons. The first-order valence-electron chi connectivity index (χ1n) is 9.12. The Hall–Kier alpha value is -3.60. The van der Waals surface area contributed by atoms with Crippen LogP contribution in [0.3, 0.4) is 0 Å². The molecular formula is C23H21N3O2. The van der Waals surface area contributed by atoms with Crippen LogP contribution in [-0.4, -0.2) is 28.3 Å². The van der Waals surface area contributed by atoms with Crippen LogP contribution >= 0.6 is 0 Å². The lowest BCUT2D eigenvalue weighted by Gasteiger charge is -2.18. The Morgan fingerprint density at radius 2 is 1.79 bits per heavy atom. The van der Waals surface area contributed by atoms with Gasteiger partial charge >= 0.3 is 0 Å². The monoisotopic (exact) mass is 371 g/mol. The van der Waals surface area contributed by atoms with Crippen molar-refractivity contribution in [2.24, 2.45) is 0 Å². The number of amides is 1. The summed E-state index contributed by atoms with van der Waals surface area (Å²) in [6.45, 7) is 2.07. The molecule has 0 aliphatic carbocycles. The van der Waals surface area contributed by atoms with Gasteiger partial charge in [-0.05, 0) is 36.2 Å². The zero-order chi connectivity index (χ0) is 19.7. The van der Waals surface area contributed by atoms with Crippen LogP contribution in [0, 0.1) is 6.92 Å². The second-order valence-corrected chi connectivity index (χ2v) is 6.89. The number of hydrogen-bond donors (Lipinski definition) is 2. The number of aryl methyl sites for hydroxylation is 1. The Kier molecular flexibility index (Phi) is 4.57. The van der Waals surface area contributed by atoms with Crippen molar-refractivity contribution in [2.75, 3.05) is 11.9 Å². The van der Waals surface area contributed by atoms with Gasteiger partial charge in [0.2, 0.25) is 0 Å². The molecule has 0 saturated carbocycles. The molecular weight excluding hydrogens is 350 g/mol. The number of carbonyl (C=O) groups is 1. The SMILES string of the molecule is Cc1ccccc1Cc1n[nH]c2cc(O)c(C(=O)N(C)c3ccccc3)cc12. The normalized spacial score (nSPS) is 10.9. The summed E-state index contributed by atoms with van der Waals surface area (Å²) in [5, 5.41) is 18.6. The standard InChI is InChI=1S/C23H21N3O2/c1-15-8-6-7-9-16(15)12-20-18-13-19(22(27)14-21(18)25-24-20)23(28)26(2)17-10-4-3-5-11-17/h3-11,13-14,27H,12H2,1-2H3,(H,24,25). The van der Waals surface area contributed by atoms with Gasteiger partial charge < -0.3 is 10.0 Å². The minimum absolute atomic E-state index is 0.0635. The first-order valence-corrected chi connectivity index (χ1v) is 9.12. The lowest BCUT2D eigenvalue weighted by molar-refractivity contribution is 0.0990. The molecule has 1 heterocycles. The van der Waals surface area contributed by atoms with Gasteiger partial charge in [0.15, 0.2) is 0 Å². The van der Waals surface area contributed by atoms with Crippen LogP contribution in [0.15, 0.2) is 66.7 Å². The van der Waals surface area contributed by atoms with E-state index in [0.717, 1.165) is 16.8 Å². The van der Waals surface area contributed by atoms with E-state index in [2.05, 4.69) is 29.3 Å². The Morgan fingerprint density at radius 1 is 1.07 bits per heavy atom. The summed E-state index contributed by atoms with van der Waals surface area (Å²) >= 11 is 0. The number of nitrogens with zero attached hydrogens (tertiary/aromatic N) is 2. The maximum atomic E-state index is 13.0. The van der Waals surface area contributed by atoms with Crippen molar-refractivity contribution >= 4 is 22.5 Å². The Bertz CT molecular complexity index is 1150. The molecule has 3 aromatic carbocycles. The first-order chi connectivity index (χ1) is 13.5. The number of rotatable bonds is 4. The van der Waals surface area contributed by atoms with Crippen LogP contribution in [0.4, 0.5) is 5.69 Å². The molecule has 28 heavy (non-hydrogen) atoms. The van der Waals surface area contributed by atoms with E-state index in [4.69, 9.17) is 0 Å². The summed E-state index contributed by atoms with van der Waals surface area (Å²) in [4.78, 5) is 14.5. The molecule has 0 aliphatic rings. The molecule has 0 radical (unpaired) electrons. The Labute approximate surface area is 163 Å². The highest BCUT2D eigenvalue weighted by atomic mass is 16.3. The lowest BCUT2D eigenvalue weighted by Crippen LogP contribution is -2.26. The lowest BCUT2D eigenvalue weighted by atomic mass is 10.0. The molecule has 5 nitrogen and oxygen atoms in total. The van der Waals surface area contributed by atoms with E-state index in [1.54, 1.807) is 19.2 Å². The van der Waals surface area contributed by atoms with Gasteiger partial charge in [-0.15, -0.1) is 0 Å². The van der Waals surface area contributed by atoms with Crippen molar-refractivity contribution < 1.29 is 9.90 Å². The van der Waals surface area contributed by atoms with Gasteiger partial charge in [-0.25, -0.2) is 0 Å². The van der Waals surface area contributed by atoms with Crippen molar-refractivity contribution in [2.45, 2.75) is 13.3 Å². The minimum Gasteiger partial charge on any atom is -0.507 e. The average Bonchev–Trinajstić information content (AvgIpc) is 3.10. The first kappa shape index (κ1) is 17.8. The van der Waals surface area contributed by atoms with Gasteiger partial charge in [0.1, 0.15) is 5.75 Å². The van der Waals surface area contributed by atoms with Crippen molar-refractivity contribution in [1.29, 1.82) is 0 Å². The highest BCUT2D eigenvalue weighted by Crippen LogP contribution is 2.29. The largest absolute Gasteiger partial charge is 0.507 e. The van der Waals surface area contributed by atoms with E-state index in [0.29, 0.717) is 11.9 Å². The van der Waals surface area contributed by atoms with E-state index in [9.17, 15) is 9.90 Å². The van der Waals surface area contributed by atoms with E-state index >= 15 is 0 Å². The number of aromatic hydroxyl groups is 1. The molecule has 4 aromatic rings. The van der Waals surface area contributed by atoms with Gasteiger partial charge in [-0.2, -0.15) is 5.10 Å². The number of phenols is 1. The van der Waals surface area contributed by atoms with Crippen LogP contribution in [0.1, 0.15) is 27.2 Å². The van der Waals surface area contributed by atoms with Gasteiger partial charge in [0.25, 0.3) is 5.91 Å². The molecule has 0 aliphatic heterocycles. The topological polar surface area (TPSA) is 69.2 Å². The number of carbonyl (C=O) groups excluding carboxylic acids is 1. The third-order valence-electron chi connectivity index (χ3n) is 5.06. The number of hydrogen-bond acceptors (Lipinski definition) is 3. The number of fused-ring (bicyclic) bond motifs is 1. The highest BCUT2D eigenvalue weighted by molar-refractivity contribution is 6.09. The predicted octanol–water partition coefficient (Wildman–Crippen LogP) is 4.44. The summed E-state index contributed by atoms with van der Waals surface area (Å²) < 4.78 is 0. The predicted molar refractivity (Wildman–Crippen MR) is 111 cm³/mol. The van der Waals surface area contributed by atoms with E-state index in [1.807, 2.05) is 42.5 Å². The fourth-order valence-electron chi connectivity index (χ4n) is 3.35. The number of aromatic amines is 1. The van der Waals surface area contributed by atoms with Crippen LogP contribution in [0.2, 0.25) is 0 Å². The van der Waals surface area contributed by atoms with Crippen LogP contribution in [0.25, 0.3) is 10.9 Å². The average molecular weight is 371 g/mol. The van der Waals surface area contributed by atoms with Gasteiger partial charge in [0.05, 0.1) is 16.8 Å². The van der Waals surface area contributed by atoms with Crippen molar-refractivity contribution in [3.63, 3.8) is 0 Å². The fourth-order valence-corrected chi connectivity index (χ4v) is 3.35. The maximum Gasteiger partial charge on any atom is 0.261 e. The number of phenolic OH excluding ortho intramolecular Hbond substituents is 1. The smallest absolute Gasteiger partial charge is 0.261 e. The molecule has 4 rings (SSSR count).